The number of carboxylic acids is 1. The van der Waals surface area contributed by atoms with Crippen molar-refractivity contribution in [3.05, 3.63) is 28.2 Å². The standard InChI is InChI=1S/C11H12BrNO4/c1-6(10(14)13-2)17-9-7(11(15)16)4-3-5-8(9)12/h3-6H,1-2H3,(H,13,14)(H,15,16). The number of carbonyl (C=O) groups excluding carboxylic acids is 1. The van der Waals surface area contributed by atoms with E-state index in [2.05, 4.69) is 21.2 Å². The molecule has 0 heterocycles. The minimum absolute atomic E-state index is 0.00938. The second kappa shape index (κ2) is 5.67. The number of aromatic carboxylic acids is 1. The minimum Gasteiger partial charge on any atom is -0.479 e. The van der Waals surface area contributed by atoms with Crippen molar-refractivity contribution in [2.75, 3.05) is 7.05 Å². The maximum absolute atomic E-state index is 11.3. The fourth-order valence-corrected chi connectivity index (χ4v) is 1.69. The Morgan fingerprint density at radius 1 is 1.47 bits per heavy atom. The number of nitrogens with one attached hydrogen (secondary N) is 1. The number of ether oxygens (including phenoxy) is 1. The number of carbonyl (C=O) groups is 2. The van der Waals surface area contributed by atoms with E-state index in [0.29, 0.717) is 4.47 Å². The molecule has 0 aliphatic heterocycles. The third kappa shape index (κ3) is 3.20. The third-order valence-corrected chi connectivity index (χ3v) is 2.73. The summed E-state index contributed by atoms with van der Waals surface area (Å²) in [5.41, 5.74) is 0.00938. The normalized spacial score (nSPS) is 11.7. The second-order valence-corrected chi connectivity index (χ2v) is 4.15. The topological polar surface area (TPSA) is 75.6 Å². The number of halogens is 1. The zero-order valence-electron chi connectivity index (χ0n) is 9.36. The maximum atomic E-state index is 11.3. The van der Waals surface area contributed by atoms with Gasteiger partial charge in [0.15, 0.2) is 6.10 Å². The zero-order valence-corrected chi connectivity index (χ0v) is 10.9. The highest BCUT2D eigenvalue weighted by Crippen LogP contribution is 2.30. The van der Waals surface area contributed by atoms with E-state index in [9.17, 15) is 9.59 Å². The summed E-state index contributed by atoms with van der Waals surface area (Å²) >= 11 is 3.19. The lowest BCUT2D eigenvalue weighted by atomic mass is 10.2. The number of para-hydroxylation sites is 1. The van der Waals surface area contributed by atoms with E-state index in [1.54, 1.807) is 19.1 Å². The molecule has 92 valence electrons. The Morgan fingerprint density at radius 3 is 2.65 bits per heavy atom. The van der Waals surface area contributed by atoms with Crippen molar-refractivity contribution >= 4 is 27.8 Å². The largest absolute Gasteiger partial charge is 0.479 e. The summed E-state index contributed by atoms with van der Waals surface area (Å²) in [5.74, 6) is -1.28. The van der Waals surface area contributed by atoms with Gasteiger partial charge in [-0.15, -0.1) is 0 Å². The Morgan fingerprint density at radius 2 is 2.12 bits per heavy atom. The molecule has 0 spiro atoms. The zero-order chi connectivity index (χ0) is 13.0. The summed E-state index contributed by atoms with van der Waals surface area (Å²) in [6, 6.07) is 4.66. The lowest BCUT2D eigenvalue weighted by Crippen LogP contribution is -2.34. The highest BCUT2D eigenvalue weighted by molar-refractivity contribution is 9.10. The van der Waals surface area contributed by atoms with Crippen molar-refractivity contribution in [1.82, 2.24) is 5.32 Å². The van der Waals surface area contributed by atoms with E-state index < -0.39 is 12.1 Å². The molecule has 0 radical (unpaired) electrons. The molecule has 0 aliphatic carbocycles. The molecule has 0 aliphatic rings. The Labute approximate surface area is 107 Å². The number of carboxylic acid groups (broad SMARTS) is 1. The predicted octanol–water partition coefficient (Wildman–Crippen LogP) is 1.66. The van der Waals surface area contributed by atoms with Crippen LogP contribution in [0.25, 0.3) is 0 Å². The van der Waals surface area contributed by atoms with Crippen LogP contribution in [0, 0.1) is 0 Å². The molecule has 5 nitrogen and oxygen atoms in total. The number of hydrogen-bond donors (Lipinski definition) is 2. The molecule has 1 unspecified atom stereocenters. The summed E-state index contributed by atoms with van der Waals surface area (Å²) in [7, 11) is 1.49. The van der Waals surface area contributed by atoms with Gasteiger partial charge in [-0.2, -0.15) is 0 Å². The smallest absolute Gasteiger partial charge is 0.339 e. The first-order valence-electron chi connectivity index (χ1n) is 4.87. The molecule has 17 heavy (non-hydrogen) atoms. The second-order valence-electron chi connectivity index (χ2n) is 3.30. The molecule has 6 heteroatoms. The van der Waals surface area contributed by atoms with Gasteiger partial charge in [-0.05, 0) is 35.0 Å². The number of hydrogen-bond acceptors (Lipinski definition) is 3. The van der Waals surface area contributed by atoms with E-state index in [1.807, 2.05) is 0 Å². The molecule has 1 aromatic rings. The molecule has 1 aromatic carbocycles. The fourth-order valence-electron chi connectivity index (χ4n) is 1.23. The van der Waals surface area contributed by atoms with Crippen LogP contribution in [0.5, 0.6) is 5.75 Å². The van der Waals surface area contributed by atoms with Crippen molar-refractivity contribution in [1.29, 1.82) is 0 Å². The van der Waals surface area contributed by atoms with E-state index in [1.165, 1.54) is 13.1 Å². The molecule has 0 fully saturated rings. The van der Waals surface area contributed by atoms with Gasteiger partial charge in [0, 0.05) is 7.05 Å². The SMILES string of the molecule is CNC(=O)C(C)Oc1c(Br)cccc1C(=O)O. The van der Waals surface area contributed by atoms with Crippen LogP contribution < -0.4 is 10.1 Å². The van der Waals surface area contributed by atoms with E-state index >= 15 is 0 Å². The molecule has 1 rings (SSSR count). The molecule has 2 N–H and O–H groups in total. The van der Waals surface area contributed by atoms with Gasteiger partial charge < -0.3 is 15.2 Å². The molecule has 0 saturated heterocycles. The summed E-state index contributed by atoms with van der Waals surface area (Å²) in [6.45, 7) is 1.55. The number of rotatable bonds is 4. The lowest BCUT2D eigenvalue weighted by molar-refractivity contribution is -0.126. The molecular weight excluding hydrogens is 290 g/mol. The van der Waals surface area contributed by atoms with Crippen LogP contribution in [0.3, 0.4) is 0 Å². The van der Waals surface area contributed by atoms with Crippen LogP contribution in [0.4, 0.5) is 0 Å². The van der Waals surface area contributed by atoms with Crippen molar-refractivity contribution in [2.24, 2.45) is 0 Å². The van der Waals surface area contributed by atoms with Crippen molar-refractivity contribution in [3.8, 4) is 5.75 Å². The van der Waals surface area contributed by atoms with Crippen LogP contribution in [0.15, 0.2) is 22.7 Å². The predicted molar refractivity (Wildman–Crippen MR) is 65.3 cm³/mol. The molecule has 0 aromatic heterocycles. The molecule has 1 atom stereocenters. The van der Waals surface area contributed by atoms with Gasteiger partial charge in [0.1, 0.15) is 11.3 Å². The molecule has 0 bridgehead atoms. The van der Waals surface area contributed by atoms with E-state index in [4.69, 9.17) is 9.84 Å². The number of benzene rings is 1. The third-order valence-electron chi connectivity index (χ3n) is 2.11. The van der Waals surface area contributed by atoms with Crippen LogP contribution in [0.2, 0.25) is 0 Å². The van der Waals surface area contributed by atoms with Crippen LogP contribution in [-0.2, 0) is 4.79 Å². The van der Waals surface area contributed by atoms with Crippen LogP contribution >= 0.6 is 15.9 Å². The average molecular weight is 302 g/mol. The minimum atomic E-state index is -1.11. The Hall–Kier alpha value is -1.56. The lowest BCUT2D eigenvalue weighted by Gasteiger charge is -2.16. The first-order chi connectivity index (χ1) is 7.97. The van der Waals surface area contributed by atoms with Gasteiger partial charge in [0.2, 0.25) is 0 Å². The van der Waals surface area contributed by atoms with Crippen LogP contribution in [0.1, 0.15) is 17.3 Å². The fraction of sp³-hybridized carbons (Fsp3) is 0.273. The summed E-state index contributed by atoms with van der Waals surface area (Å²) in [4.78, 5) is 22.3. The van der Waals surface area contributed by atoms with Crippen LogP contribution in [-0.4, -0.2) is 30.1 Å². The maximum Gasteiger partial charge on any atom is 0.339 e. The summed E-state index contributed by atoms with van der Waals surface area (Å²) in [5, 5.41) is 11.4. The van der Waals surface area contributed by atoms with Gasteiger partial charge in [0.25, 0.3) is 5.91 Å². The van der Waals surface area contributed by atoms with Gasteiger partial charge in [-0.1, -0.05) is 6.07 Å². The van der Waals surface area contributed by atoms with Gasteiger partial charge in [0.05, 0.1) is 4.47 Å². The first-order valence-corrected chi connectivity index (χ1v) is 5.66. The Bertz CT molecular complexity index is 447. The Kier molecular flexibility index (Phi) is 4.51. The van der Waals surface area contributed by atoms with Crippen molar-refractivity contribution in [2.45, 2.75) is 13.0 Å². The monoisotopic (exact) mass is 301 g/mol. The molecule has 1 amide bonds. The summed E-state index contributed by atoms with van der Waals surface area (Å²) in [6.07, 6.45) is -0.767. The van der Waals surface area contributed by atoms with Gasteiger partial charge >= 0.3 is 5.97 Å². The quantitative estimate of drug-likeness (QED) is 0.887. The summed E-state index contributed by atoms with van der Waals surface area (Å²) < 4.78 is 5.84. The van der Waals surface area contributed by atoms with Gasteiger partial charge in [-0.25, -0.2) is 4.79 Å². The highest BCUT2D eigenvalue weighted by atomic mass is 79.9. The molecule has 0 saturated carbocycles. The number of amides is 1. The molecular formula is C11H12BrNO4. The van der Waals surface area contributed by atoms with E-state index in [-0.39, 0.29) is 17.2 Å². The Balaban J connectivity index is 3.05. The average Bonchev–Trinajstić information content (AvgIpc) is 2.30. The number of likely N-dealkylation sites (N-methyl/N-ethyl adjacent to an activating group) is 1. The first kappa shape index (κ1) is 13.5. The van der Waals surface area contributed by atoms with Gasteiger partial charge in [-0.3, -0.25) is 4.79 Å². The van der Waals surface area contributed by atoms with Crippen molar-refractivity contribution < 1.29 is 19.4 Å². The van der Waals surface area contributed by atoms with E-state index in [0.717, 1.165) is 0 Å². The van der Waals surface area contributed by atoms with Crippen molar-refractivity contribution in [3.63, 3.8) is 0 Å². The highest BCUT2D eigenvalue weighted by Gasteiger charge is 2.19.